The maximum atomic E-state index is 13.2. The fourth-order valence-corrected chi connectivity index (χ4v) is 4.49. The van der Waals surface area contributed by atoms with Crippen LogP contribution in [-0.2, 0) is 14.8 Å². The van der Waals surface area contributed by atoms with Gasteiger partial charge in [0, 0.05) is 6.04 Å². The second-order valence-electron chi connectivity index (χ2n) is 5.87. The third-order valence-electron chi connectivity index (χ3n) is 3.96. The monoisotopic (exact) mass is 346 g/mol. The van der Waals surface area contributed by atoms with Crippen LogP contribution in [0.5, 0.6) is 0 Å². The van der Waals surface area contributed by atoms with E-state index in [2.05, 4.69) is 0 Å². The number of amides is 1. The number of aryl methyl sites for hydroxylation is 2. The van der Waals surface area contributed by atoms with Crippen molar-refractivity contribution in [2.45, 2.75) is 31.7 Å². The molecule has 24 heavy (non-hydrogen) atoms. The molecule has 6 heteroatoms. The molecule has 0 bridgehead atoms. The molecule has 128 valence electrons. The Labute approximate surface area is 143 Å². The van der Waals surface area contributed by atoms with Gasteiger partial charge in [-0.1, -0.05) is 42.5 Å². The van der Waals surface area contributed by atoms with E-state index in [0.29, 0.717) is 5.56 Å². The summed E-state index contributed by atoms with van der Waals surface area (Å²) in [6, 6.07) is 13.9. The summed E-state index contributed by atoms with van der Waals surface area (Å²) < 4.78 is 27.5. The second-order valence-corrected chi connectivity index (χ2v) is 7.73. The zero-order chi connectivity index (χ0) is 17.9. The molecule has 0 spiro atoms. The molecule has 0 aliphatic heterocycles. The maximum Gasteiger partial charge on any atom is 0.244 e. The molecule has 0 unspecified atom stereocenters. The molecule has 5 nitrogen and oxygen atoms in total. The Hall–Kier alpha value is -2.18. The van der Waals surface area contributed by atoms with E-state index in [4.69, 9.17) is 5.73 Å². The van der Waals surface area contributed by atoms with Gasteiger partial charge in [-0.05, 0) is 43.5 Å². The first-order valence-electron chi connectivity index (χ1n) is 7.66. The minimum absolute atomic E-state index is 0.200. The van der Waals surface area contributed by atoms with Crippen LogP contribution in [0.25, 0.3) is 0 Å². The maximum absolute atomic E-state index is 13.2. The molecule has 2 aromatic carbocycles. The second kappa shape index (κ2) is 7.15. The standard InChI is InChI=1S/C18H22N2O3S/c1-13-9-10-14(2)17(11-13)24(22,23)20(12-18(19)21)15(3)16-7-5-4-6-8-16/h4-11,15H,12H2,1-3H3,(H2,19,21)/t15-/m1/s1. The van der Waals surface area contributed by atoms with Crippen molar-refractivity contribution in [1.29, 1.82) is 0 Å². The van der Waals surface area contributed by atoms with Crippen LogP contribution < -0.4 is 5.73 Å². The van der Waals surface area contributed by atoms with Crippen LogP contribution in [0.3, 0.4) is 0 Å². The van der Waals surface area contributed by atoms with Gasteiger partial charge < -0.3 is 5.73 Å². The lowest BCUT2D eigenvalue weighted by Crippen LogP contribution is -2.40. The summed E-state index contributed by atoms with van der Waals surface area (Å²) in [7, 11) is -3.86. The van der Waals surface area contributed by atoms with E-state index in [0.717, 1.165) is 15.4 Å². The van der Waals surface area contributed by atoms with Gasteiger partial charge in [0.15, 0.2) is 0 Å². The Balaban J connectivity index is 2.54. The number of rotatable bonds is 6. The van der Waals surface area contributed by atoms with Crippen LogP contribution in [0.15, 0.2) is 53.4 Å². The van der Waals surface area contributed by atoms with Crippen LogP contribution in [0, 0.1) is 13.8 Å². The highest BCUT2D eigenvalue weighted by Gasteiger charge is 2.32. The van der Waals surface area contributed by atoms with Crippen LogP contribution in [0.4, 0.5) is 0 Å². The molecule has 0 saturated heterocycles. The quantitative estimate of drug-likeness (QED) is 0.873. The largest absolute Gasteiger partial charge is 0.369 e. The molecule has 1 amide bonds. The summed E-state index contributed by atoms with van der Waals surface area (Å²) in [6.45, 7) is 4.95. The van der Waals surface area contributed by atoms with Crippen molar-refractivity contribution in [1.82, 2.24) is 4.31 Å². The molecule has 0 heterocycles. The van der Waals surface area contributed by atoms with E-state index < -0.39 is 22.0 Å². The molecule has 0 aliphatic rings. The van der Waals surface area contributed by atoms with Gasteiger partial charge in [-0.15, -0.1) is 0 Å². The number of hydrogen-bond acceptors (Lipinski definition) is 3. The van der Waals surface area contributed by atoms with Crippen molar-refractivity contribution in [3.8, 4) is 0 Å². The molecular weight excluding hydrogens is 324 g/mol. The molecular formula is C18H22N2O3S. The first-order chi connectivity index (χ1) is 11.2. The number of nitrogens with two attached hydrogens (primary N) is 1. The van der Waals surface area contributed by atoms with E-state index in [1.165, 1.54) is 0 Å². The van der Waals surface area contributed by atoms with E-state index in [-0.39, 0.29) is 11.4 Å². The zero-order valence-electron chi connectivity index (χ0n) is 14.1. The molecule has 2 rings (SSSR count). The molecule has 2 aromatic rings. The van der Waals surface area contributed by atoms with Gasteiger partial charge in [-0.25, -0.2) is 8.42 Å². The van der Waals surface area contributed by atoms with Crippen molar-refractivity contribution in [2.75, 3.05) is 6.54 Å². The topological polar surface area (TPSA) is 80.5 Å². The van der Waals surface area contributed by atoms with Crippen molar-refractivity contribution < 1.29 is 13.2 Å². The zero-order valence-corrected chi connectivity index (χ0v) is 14.9. The Morgan fingerprint density at radius 1 is 1.12 bits per heavy atom. The summed E-state index contributed by atoms with van der Waals surface area (Å²) in [6.07, 6.45) is 0. The van der Waals surface area contributed by atoms with Gasteiger partial charge in [0.1, 0.15) is 0 Å². The Kier molecular flexibility index (Phi) is 5.41. The lowest BCUT2D eigenvalue weighted by Gasteiger charge is -2.28. The first-order valence-corrected chi connectivity index (χ1v) is 9.10. The van der Waals surface area contributed by atoms with Gasteiger partial charge >= 0.3 is 0 Å². The average molecular weight is 346 g/mol. The van der Waals surface area contributed by atoms with Gasteiger partial charge in [0.25, 0.3) is 0 Å². The number of nitrogens with zero attached hydrogens (tertiary/aromatic N) is 1. The van der Waals surface area contributed by atoms with Crippen molar-refractivity contribution in [3.05, 3.63) is 65.2 Å². The van der Waals surface area contributed by atoms with Crippen LogP contribution in [-0.4, -0.2) is 25.2 Å². The summed E-state index contributed by atoms with van der Waals surface area (Å²) in [5.74, 6) is -0.688. The molecule has 0 aliphatic carbocycles. The molecule has 0 aromatic heterocycles. The van der Waals surface area contributed by atoms with E-state index in [9.17, 15) is 13.2 Å². The normalized spacial score (nSPS) is 13.0. The smallest absolute Gasteiger partial charge is 0.244 e. The summed E-state index contributed by atoms with van der Waals surface area (Å²) in [4.78, 5) is 11.7. The Bertz CT molecular complexity index is 833. The average Bonchev–Trinajstić information content (AvgIpc) is 2.54. The number of hydrogen-bond donors (Lipinski definition) is 1. The van der Waals surface area contributed by atoms with Crippen LogP contribution in [0.2, 0.25) is 0 Å². The fraction of sp³-hybridized carbons (Fsp3) is 0.278. The number of sulfonamides is 1. The third kappa shape index (κ3) is 3.83. The Morgan fingerprint density at radius 3 is 2.33 bits per heavy atom. The van der Waals surface area contributed by atoms with Gasteiger partial charge in [0.05, 0.1) is 11.4 Å². The molecule has 0 radical (unpaired) electrons. The van der Waals surface area contributed by atoms with Crippen molar-refractivity contribution in [3.63, 3.8) is 0 Å². The number of primary amides is 1. The van der Waals surface area contributed by atoms with E-state index in [1.807, 2.05) is 43.3 Å². The number of carbonyl (C=O) groups is 1. The molecule has 2 N–H and O–H groups in total. The molecule has 0 saturated carbocycles. The fourth-order valence-electron chi connectivity index (χ4n) is 2.59. The van der Waals surface area contributed by atoms with Gasteiger partial charge in [-0.2, -0.15) is 4.31 Å². The number of carbonyl (C=O) groups excluding carboxylic acids is 1. The summed E-state index contributed by atoms with van der Waals surface area (Å²) in [5, 5.41) is 0. The highest BCUT2D eigenvalue weighted by molar-refractivity contribution is 7.89. The van der Waals surface area contributed by atoms with Crippen molar-refractivity contribution in [2.24, 2.45) is 5.73 Å². The summed E-state index contributed by atoms with van der Waals surface area (Å²) >= 11 is 0. The van der Waals surface area contributed by atoms with E-state index in [1.54, 1.807) is 26.0 Å². The molecule has 0 fully saturated rings. The van der Waals surface area contributed by atoms with Crippen LogP contribution in [0.1, 0.15) is 29.7 Å². The first kappa shape index (κ1) is 18.2. The Morgan fingerprint density at radius 2 is 1.75 bits per heavy atom. The predicted molar refractivity (Wildman–Crippen MR) is 93.9 cm³/mol. The van der Waals surface area contributed by atoms with E-state index >= 15 is 0 Å². The third-order valence-corrected chi connectivity index (χ3v) is 6.01. The van der Waals surface area contributed by atoms with Gasteiger partial charge in [0.2, 0.25) is 15.9 Å². The minimum atomic E-state index is -3.86. The molecule has 1 atom stereocenters. The highest BCUT2D eigenvalue weighted by Crippen LogP contribution is 2.29. The summed E-state index contributed by atoms with van der Waals surface area (Å²) in [5.41, 5.74) is 7.58. The number of benzene rings is 2. The predicted octanol–water partition coefficient (Wildman–Crippen LogP) is 2.54. The lowest BCUT2D eigenvalue weighted by atomic mass is 10.1. The van der Waals surface area contributed by atoms with Crippen molar-refractivity contribution >= 4 is 15.9 Å². The van der Waals surface area contributed by atoms with Gasteiger partial charge in [-0.3, -0.25) is 4.79 Å². The lowest BCUT2D eigenvalue weighted by molar-refractivity contribution is -0.118. The van der Waals surface area contributed by atoms with Crippen LogP contribution >= 0.6 is 0 Å². The minimum Gasteiger partial charge on any atom is -0.369 e. The SMILES string of the molecule is Cc1ccc(C)c(S(=O)(=O)N(CC(N)=O)[C@H](C)c2ccccc2)c1. The highest BCUT2D eigenvalue weighted by atomic mass is 32.2.